The number of nitro groups is 1. The second-order valence-corrected chi connectivity index (χ2v) is 16.8. The number of hydrogen-bond acceptors (Lipinski definition) is 11. The molecule has 1 heterocycles. The van der Waals surface area contributed by atoms with Crippen LogP contribution in [0.15, 0.2) is 139 Å². The van der Waals surface area contributed by atoms with Crippen LogP contribution in [0.2, 0.25) is 0 Å². The third-order valence-electron chi connectivity index (χ3n) is 12.7. The largest absolute Gasteiger partial charge is 0.459 e. The number of nitrogens with zero attached hydrogens (tertiary/aromatic N) is 3. The highest BCUT2D eigenvalue weighted by Gasteiger charge is 2.65. The number of nitro benzene ring substituents is 1. The number of fused-ring (bicyclic) bond motifs is 2. The van der Waals surface area contributed by atoms with Crippen LogP contribution in [0.1, 0.15) is 68.4 Å². The minimum Gasteiger partial charge on any atom is -0.459 e. The highest BCUT2D eigenvalue weighted by atomic mass is 16.7. The van der Waals surface area contributed by atoms with Gasteiger partial charge in [-0.3, -0.25) is 10.1 Å². The summed E-state index contributed by atoms with van der Waals surface area (Å²) in [5, 5.41) is 36.0. The highest BCUT2D eigenvalue weighted by molar-refractivity contribution is 6.03. The molecule has 1 aliphatic heterocycles. The van der Waals surface area contributed by atoms with Crippen molar-refractivity contribution in [2.24, 2.45) is 22.9 Å². The predicted molar refractivity (Wildman–Crippen MR) is 249 cm³/mol. The van der Waals surface area contributed by atoms with E-state index < -0.39 is 28.8 Å². The lowest BCUT2D eigenvalue weighted by atomic mass is 9.55. The molecule has 4 aromatic carbocycles. The van der Waals surface area contributed by atoms with E-state index in [0.717, 1.165) is 47.9 Å². The molecule has 13 nitrogen and oxygen atoms in total. The number of ether oxygens (including phenoxy) is 4. The van der Waals surface area contributed by atoms with Crippen molar-refractivity contribution in [3.8, 4) is 28.4 Å². The maximum absolute atomic E-state index is 14.0. The molecule has 0 spiro atoms. The number of allylic oxidation sites excluding steroid dienone is 1. The van der Waals surface area contributed by atoms with Gasteiger partial charge in [0.15, 0.2) is 0 Å². The van der Waals surface area contributed by atoms with E-state index in [1.165, 1.54) is 17.0 Å². The molecule has 4 aromatic rings. The van der Waals surface area contributed by atoms with Crippen molar-refractivity contribution in [3.05, 3.63) is 155 Å². The van der Waals surface area contributed by atoms with Crippen molar-refractivity contribution >= 4 is 17.5 Å². The lowest BCUT2D eigenvalue weighted by Crippen LogP contribution is -2.69. The first kappa shape index (κ1) is 46.7. The Morgan fingerprint density at radius 3 is 2.32 bits per heavy atom. The molecule has 65 heavy (non-hydrogen) atoms. The fraction of sp³-hybridized carbons (Fsp3) is 0.385. The molecular weight excluding hydrogens is 827 g/mol. The number of non-ortho nitro benzene ring substituents is 1. The standard InChI is InChI=1S/C52H59N3O10/c1-4-6-31-61-51(58)54(3)48-34-46(53-63-35-36-18-22-40(23-19-36)55(59)60)44-32-39(16-10-12-28-56)43(17-11-13-29-57)49-45-33-42(26-27-47(45)65-52(48,50(44)49)62-30-5-2)64-41-24-20-38(21-25-41)37-14-8-7-9-15-37/h4-5,7-9,14-15,18-27,32-33,39,43,48-50,56-57H,1-2,6,10-13,16-17,28-31,34-35H2,3H3. The number of benzene rings is 4. The van der Waals surface area contributed by atoms with Crippen LogP contribution >= 0.6 is 0 Å². The van der Waals surface area contributed by atoms with Crippen molar-refractivity contribution in [2.75, 3.05) is 33.5 Å². The van der Waals surface area contributed by atoms with Crippen LogP contribution in [0.3, 0.4) is 0 Å². The Balaban J connectivity index is 1.36. The Hall–Kier alpha value is -6.28. The maximum atomic E-state index is 14.0. The summed E-state index contributed by atoms with van der Waals surface area (Å²) in [5.41, 5.74) is 5.24. The van der Waals surface area contributed by atoms with Gasteiger partial charge in [-0.15, -0.1) is 13.2 Å². The van der Waals surface area contributed by atoms with Crippen LogP contribution in [-0.2, 0) is 20.9 Å². The molecular formula is C52H59N3O10. The zero-order chi connectivity index (χ0) is 45.8. The van der Waals surface area contributed by atoms with E-state index in [1.54, 1.807) is 31.3 Å². The van der Waals surface area contributed by atoms with Crippen LogP contribution in [0, 0.1) is 27.9 Å². The van der Waals surface area contributed by atoms with Gasteiger partial charge in [0.2, 0.25) is 5.79 Å². The van der Waals surface area contributed by atoms with Crippen LogP contribution in [0.4, 0.5) is 10.5 Å². The molecule has 2 N–H and O–H groups in total. The number of carbonyl (C=O) groups excluding carboxylic acids is 1. The number of rotatable bonds is 22. The summed E-state index contributed by atoms with van der Waals surface area (Å²) in [6, 6.07) is 29.3. The maximum Gasteiger partial charge on any atom is 0.409 e. The van der Waals surface area contributed by atoms with Gasteiger partial charge in [-0.25, -0.2) is 4.79 Å². The molecule has 1 amide bonds. The lowest BCUT2D eigenvalue weighted by Gasteiger charge is -2.59. The average Bonchev–Trinajstić information content (AvgIpc) is 3.32. The molecule has 6 unspecified atom stereocenters. The Kier molecular flexibility index (Phi) is 15.9. The first-order valence-corrected chi connectivity index (χ1v) is 22.5. The van der Waals surface area contributed by atoms with Crippen LogP contribution in [-0.4, -0.2) is 77.1 Å². The van der Waals surface area contributed by atoms with Gasteiger partial charge in [0.1, 0.15) is 29.9 Å². The number of unbranched alkanes of at least 4 members (excludes halogenated alkanes) is 2. The summed E-state index contributed by atoms with van der Waals surface area (Å²) in [6.07, 6.45) is 10.1. The Morgan fingerprint density at radius 2 is 1.63 bits per heavy atom. The molecule has 1 saturated carbocycles. The van der Waals surface area contributed by atoms with Gasteiger partial charge in [0, 0.05) is 50.3 Å². The minimum absolute atomic E-state index is 0.00892. The molecule has 342 valence electrons. The van der Waals surface area contributed by atoms with Gasteiger partial charge >= 0.3 is 6.09 Å². The molecule has 13 heteroatoms. The molecule has 1 fully saturated rings. The Labute approximate surface area is 380 Å². The first-order chi connectivity index (χ1) is 31.7. The second kappa shape index (κ2) is 22.1. The molecule has 0 radical (unpaired) electrons. The van der Waals surface area contributed by atoms with Gasteiger partial charge in [-0.05, 0) is 109 Å². The van der Waals surface area contributed by atoms with E-state index in [1.807, 2.05) is 60.7 Å². The summed E-state index contributed by atoms with van der Waals surface area (Å²) < 4.78 is 26.5. The summed E-state index contributed by atoms with van der Waals surface area (Å²) in [7, 11) is 1.68. The Bertz CT molecular complexity index is 2320. The number of hydrogen-bond donors (Lipinski definition) is 2. The van der Waals surface area contributed by atoms with E-state index in [9.17, 15) is 25.1 Å². The minimum atomic E-state index is -1.46. The van der Waals surface area contributed by atoms with E-state index in [-0.39, 0.29) is 62.9 Å². The fourth-order valence-corrected chi connectivity index (χ4v) is 9.63. The zero-order valence-electron chi connectivity index (χ0n) is 37.0. The van der Waals surface area contributed by atoms with Crippen LogP contribution in [0.5, 0.6) is 17.2 Å². The van der Waals surface area contributed by atoms with Crippen LogP contribution < -0.4 is 9.47 Å². The lowest BCUT2D eigenvalue weighted by molar-refractivity contribution is -0.384. The van der Waals surface area contributed by atoms with Gasteiger partial charge in [0.25, 0.3) is 5.69 Å². The van der Waals surface area contributed by atoms with E-state index in [4.69, 9.17) is 28.9 Å². The van der Waals surface area contributed by atoms with Gasteiger partial charge in [0.05, 0.1) is 29.8 Å². The fourth-order valence-electron chi connectivity index (χ4n) is 9.63. The third kappa shape index (κ3) is 10.6. The molecule has 6 atom stereocenters. The van der Waals surface area contributed by atoms with E-state index in [2.05, 4.69) is 31.4 Å². The van der Waals surface area contributed by atoms with Gasteiger partial charge in [-0.2, -0.15) is 0 Å². The van der Waals surface area contributed by atoms with Crippen molar-refractivity contribution in [3.63, 3.8) is 0 Å². The predicted octanol–water partition coefficient (Wildman–Crippen LogP) is 10.5. The summed E-state index contributed by atoms with van der Waals surface area (Å²) in [6.45, 7) is 8.19. The third-order valence-corrected chi connectivity index (χ3v) is 12.7. The molecule has 3 aliphatic rings. The molecule has 7 rings (SSSR count). The SMILES string of the molecule is C=CCCOC(=O)N(C)C1CC(=NOCc2ccc([N+](=O)[O-])cc2)C2=CC(CCCCO)C(CCCCO)C3c4cc(Oc5ccc(-c6ccccc6)cc5)ccc4OC1(OCC=C)C23. The van der Waals surface area contributed by atoms with Crippen molar-refractivity contribution < 1.29 is 43.7 Å². The number of amides is 1. The zero-order valence-corrected chi connectivity index (χ0v) is 37.0. The normalized spacial score (nSPS) is 22.4. The van der Waals surface area contributed by atoms with E-state index >= 15 is 0 Å². The quantitative estimate of drug-likeness (QED) is 0.0336. The average molecular weight is 886 g/mol. The topological polar surface area (TPSA) is 162 Å². The van der Waals surface area contributed by atoms with Crippen molar-refractivity contribution in [2.45, 2.75) is 75.7 Å². The van der Waals surface area contributed by atoms with E-state index in [0.29, 0.717) is 47.8 Å². The Morgan fingerprint density at radius 1 is 0.923 bits per heavy atom. The summed E-state index contributed by atoms with van der Waals surface area (Å²) in [5.74, 6) is -0.338. The number of aliphatic hydroxyl groups excluding tert-OH is 2. The van der Waals surface area contributed by atoms with Crippen LogP contribution in [0.25, 0.3) is 11.1 Å². The number of likely N-dealkylation sites (N-methyl/N-ethyl adjacent to an activating group) is 1. The number of aliphatic hydroxyl groups is 2. The summed E-state index contributed by atoms with van der Waals surface area (Å²) >= 11 is 0. The van der Waals surface area contributed by atoms with Crippen molar-refractivity contribution in [1.29, 1.82) is 0 Å². The molecule has 2 aliphatic carbocycles. The molecule has 0 aromatic heterocycles. The van der Waals surface area contributed by atoms with Crippen molar-refractivity contribution in [1.82, 2.24) is 4.90 Å². The number of carbonyl (C=O) groups is 1. The smallest absolute Gasteiger partial charge is 0.409 e. The first-order valence-electron chi connectivity index (χ1n) is 22.5. The highest BCUT2D eigenvalue weighted by Crippen LogP contribution is 2.62. The second-order valence-electron chi connectivity index (χ2n) is 16.8. The van der Waals surface area contributed by atoms with Gasteiger partial charge in [-0.1, -0.05) is 78.7 Å². The molecule has 0 saturated heterocycles. The molecule has 0 bridgehead atoms. The number of oxime groups is 1. The monoisotopic (exact) mass is 885 g/mol. The van der Waals surface area contributed by atoms with Gasteiger partial charge < -0.3 is 38.9 Å². The summed E-state index contributed by atoms with van der Waals surface area (Å²) in [4.78, 5) is 32.5.